The first-order chi connectivity index (χ1) is 4.74. The molecule has 0 aromatic rings. The molecule has 0 heterocycles. The first-order valence-corrected chi connectivity index (χ1v) is 3.51. The number of carbonyl (C=O) groups is 1. The third-order valence-corrected chi connectivity index (χ3v) is 1.72. The summed E-state index contributed by atoms with van der Waals surface area (Å²) in [6.07, 6.45) is 2.22. The summed E-state index contributed by atoms with van der Waals surface area (Å²) < 4.78 is 4.77. The average Bonchev–Trinajstić information content (AvgIpc) is 2.68. The highest BCUT2D eigenvalue weighted by Gasteiger charge is 2.30. The quantitative estimate of drug-likeness (QED) is 0.547. The number of carbonyl (C=O) groups excluding carboxylic acids is 1. The third-order valence-electron chi connectivity index (χ3n) is 1.72. The van der Waals surface area contributed by atoms with Crippen molar-refractivity contribution in [1.82, 2.24) is 0 Å². The number of hydrogen-bond donors (Lipinski definition) is 0. The van der Waals surface area contributed by atoms with Gasteiger partial charge in [-0.15, -0.1) is 0 Å². The molecule has 0 saturated heterocycles. The second-order valence-corrected chi connectivity index (χ2v) is 2.68. The molecule has 1 aliphatic rings. The number of esters is 1. The molecule has 1 fully saturated rings. The lowest BCUT2D eigenvalue weighted by atomic mass is 10.3. The molecule has 1 aliphatic carbocycles. The minimum atomic E-state index is -0.753. The maximum Gasteiger partial charge on any atom is 0.335 e. The molecule has 0 aromatic heterocycles. The molecule has 0 N–H and O–H groups in total. The van der Waals surface area contributed by atoms with Gasteiger partial charge in [0.25, 0.3) is 0 Å². The Morgan fingerprint density at radius 3 is 2.70 bits per heavy atom. The maximum absolute atomic E-state index is 10.4. The predicted octanol–water partition coefficient (Wildman–Crippen LogP) is 0.759. The van der Waals surface area contributed by atoms with Crippen LogP contribution in [0, 0.1) is 5.92 Å². The van der Waals surface area contributed by atoms with Crippen molar-refractivity contribution in [2.45, 2.75) is 25.9 Å². The SMILES string of the molecule is CC(OC(=O)C[O])C1CC1. The van der Waals surface area contributed by atoms with Crippen LogP contribution in [0.5, 0.6) is 0 Å². The molecule has 1 saturated carbocycles. The predicted molar refractivity (Wildman–Crippen MR) is 33.8 cm³/mol. The normalized spacial score (nSPS) is 20.2. The second-order valence-electron chi connectivity index (χ2n) is 2.68. The molecule has 0 spiro atoms. The summed E-state index contributed by atoms with van der Waals surface area (Å²) in [7, 11) is 0. The number of ether oxygens (including phenoxy) is 1. The Hall–Kier alpha value is -0.570. The summed E-state index contributed by atoms with van der Waals surface area (Å²) in [5.41, 5.74) is 0. The lowest BCUT2D eigenvalue weighted by Gasteiger charge is -2.09. The summed E-state index contributed by atoms with van der Waals surface area (Å²) in [4.78, 5) is 10.4. The minimum Gasteiger partial charge on any atom is -0.461 e. The van der Waals surface area contributed by atoms with Crippen LogP contribution in [0.1, 0.15) is 19.8 Å². The van der Waals surface area contributed by atoms with E-state index in [1.54, 1.807) is 0 Å². The lowest BCUT2D eigenvalue weighted by molar-refractivity contribution is -0.154. The van der Waals surface area contributed by atoms with Gasteiger partial charge in [-0.25, -0.2) is 9.90 Å². The molecule has 1 radical (unpaired) electrons. The maximum atomic E-state index is 10.4. The Bertz CT molecular complexity index is 129. The van der Waals surface area contributed by atoms with Crippen LogP contribution in [0.3, 0.4) is 0 Å². The molecule has 0 bridgehead atoms. The van der Waals surface area contributed by atoms with Crippen molar-refractivity contribution in [3.8, 4) is 0 Å². The summed E-state index contributed by atoms with van der Waals surface area (Å²) in [6, 6.07) is 0. The van der Waals surface area contributed by atoms with Crippen LogP contribution in [0.2, 0.25) is 0 Å². The molecule has 0 aromatic carbocycles. The minimum absolute atomic E-state index is 0.0403. The van der Waals surface area contributed by atoms with Gasteiger partial charge in [0.05, 0.1) is 0 Å². The van der Waals surface area contributed by atoms with Gasteiger partial charge in [0.1, 0.15) is 6.10 Å². The van der Waals surface area contributed by atoms with E-state index >= 15 is 0 Å². The van der Waals surface area contributed by atoms with Gasteiger partial charge in [-0.2, -0.15) is 0 Å². The van der Waals surface area contributed by atoms with Gasteiger partial charge in [-0.1, -0.05) is 0 Å². The Morgan fingerprint density at radius 2 is 2.30 bits per heavy atom. The molecule has 3 nitrogen and oxygen atoms in total. The summed E-state index contributed by atoms with van der Waals surface area (Å²) in [5, 5.41) is 9.93. The first kappa shape index (κ1) is 7.54. The fourth-order valence-electron chi connectivity index (χ4n) is 0.903. The average molecular weight is 143 g/mol. The molecule has 3 heteroatoms. The van der Waals surface area contributed by atoms with E-state index in [2.05, 4.69) is 0 Å². The van der Waals surface area contributed by atoms with E-state index < -0.39 is 12.6 Å². The van der Waals surface area contributed by atoms with Gasteiger partial charge in [-0.3, -0.25) is 0 Å². The Morgan fingerprint density at radius 1 is 1.70 bits per heavy atom. The molecule has 10 heavy (non-hydrogen) atoms. The standard InChI is InChI=1S/C7H11O3/c1-5(6-2-3-6)10-7(9)4-8/h5-6H,2-4H2,1H3. The van der Waals surface area contributed by atoms with E-state index in [1.165, 1.54) is 0 Å². The molecule has 0 aliphatic heterocycles. The molecular weight excluding hydrogens is 132 g/mol. The van der Waals surface area contributed by atoms with Gasteiger partial charge in [-0.05, 0) is 25.7 Å². The zero-order valence-electron chi connectivity index (χ0n) is 6.00. The Balaban J connectivity index is 2.16. The van der Waals surface area contributed by atoms with Crippen LogP contribution in [-0.2, 0) is 14.6 Å². The highest BCUT2D eigenvalue weighted by atomic mass is 16.6. The van der Waals surface area contributed by atoms with Crippen LogP contribution in [0.4, 0.5) is 0 Å². The van der Waals surface area contributed by atoms with Crippen LogP contribution in [0.15, 0.2) is 0 Å². The van der Waals surface area contributed by atoms with Crippen LogP contribution in [-0.4, -0.2) is 18.7 Å². The van der Waals surface area contributed by atoms with Crippen molar-refractivity contribution in [3.05, 3.63) is 0 Å². The van der Waals surface area contributed by atoms with Gasteiger partial charge >= 0.3 is 5.97 Å². The van der Waals surface area contributed by atoms with E-state index in [-0.39, 0.29) is 6.10 Å². The third kappa shape index (κ3) is 1.99. The molecular formula is C7H11O3. The highest BCUT2D eigenvalue weighted by molar-refractivity contribution is 5.70. The van der Waals surface area contributed by atoms with Crippen molar-refractivity contribution in [3.63, 3.8) is 0 Å². The molecule has 57 valence electrons. The fourth-order valence-corrected chi connectivity index (χ4v) is 0.903. The van der Waals surface area contributed by atoms with E-state index in [4.69, 9.17) is 4.74 Å². The monoisotopic (exact) mass is 143 g/mol. The van der Waals surface area contributed by atoms with Gasteiger partial charge < -0.3 is 4.74 Å². The molecule has 1 atom stereocenters. The molecule has 1 unspecified atom stereocenters. The molecule has 1 rings (SSSR count). The van der Waals surface area contributed by atoms with Crippen molar-refractivity contribution >= 4 is 5.97 Å². The lowest BCUT2D eigenvalue weighted by Crippen LogP contribution is -2.18. The zero-order chi connectivity index (χ0) is 7.56. The summed E-state index contributed by atoms with van der Waals surface area (Å²) in [6.45, 7) is 1.09. The Kier molecular flexibility index (Phi) is 2.27. The van der Waals surface area contributed by atoms with E-state index in [0.717, 1.165) is 12.8 Å². The van der Waals surface area contributed by atoms with Crippen molar-refractivity contribution in [2.75, 3.05) is 6.61 Å². The zero-order valence-corrected chi connectivity index (χ0v) is 6.00. The number of rotatable bonds is 3. The summed E-state index contributed by atoms with van der Waals surface area (Å²) >= 11 is 0. The van der Waals surface area contributed by atoms with Crippen LogP contribution < -0.4 is 0 Å². The topological polar surface area (TPSA) is 46.2 Å². The van der Waals surface area contributed by atoms with Gasteiger partial charge in [0, 0.05) is 0 Å². The van der Waals surface area contributed by atoms with Gasteiger partial charge in [0.15, 0.2) is 6.61 Å². The second kappa shape index (κ2) is 3.01. The highest BCUT2D eigenvalue weighted by Crippen LogP contribution is 2.33. The fraction of sp³-hybridized carbons (Fsp3) is 0.857. The van der Waals surface area contributed by atoms with Crippen LogP contribution in [0.25, 0.3) is 0 Å². The van der Waals surface area contributed by atoms with E-state index in [9.17, 15) is 9.90 Å². The largest absolute Gasteiger partial charge is 0.461 e. The Labute approximate surface area is 60.0 Å². The van der Waals surface area contributed by atoms with Crippen molar-refractivity contribution in [1.29, 1.82) is 0 Å². The summed E-state index contributed by atoms with van der Waals surface area (Å²) in [5.74, 6) is -0.102. The van der Waals surface area contributed by atoms with E-state index in [1.807, 2.05) is 6.92 Å². The van der Waals surface area contributed by atoms with Crippen molar-refractivity contribution in [2.24, 2.45) is 5.92 Å². The number of hydrogen-bond acceptors (Lipinski definition) is 2. The van der Waals surface area contributed by atoms with Gasteiger partial charge in [0.2, 0.25) is 0 Å². The van der Waals surface area contributed by atoms with E-state index in [0.29, 0.717) is 5.92 Å². The van der Waals surface area contributed by atoms with Crippen molar-refractivity contribution < 1.29 is 14.6 Å². The van der Waals surface area contributed by atoms with Crippen LogP contribution >= 0.6 is 0 Å². The molecule has 0 amide bonds. The smallest absolute Gasteiger partial charge is 0.335 e. The first-order valence-electron chi connectivity index (χ1n) is 3.51.